The summed E-state index contributed by atoms with van der Waals surface area (Å²) in [6.07, 6.45) is 1.69. The van der Waals surface area contributed by atoms with Crippen LogP contribution in [0.15, 0.2) is 11.7 Å². The molecular weight excluding hydrogens is 240 g/mol. The van der Waals surface area contributed by atoms with Crippen LogP contribution in [0.3, 0.4) is 0 Å². The van der Waals surface area contributed by atoms with Gasteiger partial charge in [0.1, 0.15) is 0 Å². The number of carboxylic acids is 1. The minimum atomic E-state index is -0.895. The Balaban J connectivity index is 1.92. The molecule has 1 aromatic heterocycles. The highest BCUT2D eigenvalue weighted by Crippen LogP contribution is 2.58. The molecule has 0 aromatic carbocycles. The third-order valence-corrected chi connectivity index (χ3v) is 4.08. The Hall–Kier alpha value is -1.43. The van der Waals surface area contributed by atoms with Gasteiger partial charge in [0, 0.05) is 11.1 Å². The lowest BCUT2D eigenvalue weighted by Gasteiger charge is -2.03. The second-order valence-electron chi connectivity index (χ2n) is 4.80. The van der Waals surface area contributed by atoms with Gasteiger partial charge in [0.05, 0.1) is 23.9 Å². The highest BCUT2D eigenvalue weighted by molar-refractivity contribution is 7.09. The second kappa shape index (κ2) is 4.10. The molecule has 0 spiro atoms. The minimum absolute atomic E-state index is 0.184. The first-order valence-electron chi connectivity index (χ1n) is 5.32. The van der Waals surface area contributed by atoms with E-state index in [2.05, 4.69) is 10.3 Å². The Kier molecular flexibility index (Phi) is 2.91. The standard InChI is InChI=1S/C11H14N2O3S/c1-11(2)7(8(11)10(15)16)9(14)13-4-6-3-12-5-17-6/h3,5,7-8H,4H2,1-2H3,(H,13,14)(H,15,16). The molecule has 0 saturated heterocycles. The second-order valence-corrected chi connectivity index (χ2v) is 5.77. The van der Waals surface area contributed by atoms with Crippen LogP contribution >= 0.6 is 11.3 Å². The number of carbonyl (C=O) groups excluding carboxylic acids is 1. The molecule has 0 radical (unpaired) electrons. The number of nitrogens with zero attached hydrogens (tertiary/aromatic N) is 1. The van der Waals surface area contributed by atoms with Crippen molar-refractivity contribution in [3.8, 4) is 0 Å². The van der Waals surface area contributed by atoms with Gasteiger partial charge in [-0.3, -0.25) is 14.6 Å². The van der Waals surface area contributed by atoms with Crippen molar-refractivity contribution in [2.45, 2.75) is 20.4 Å². The Morgan fingerprint density at radius 3 is 2.71 bits per heavy atom. The van der Waals surface area contributed by atoms with Crippen LogP contribution in [0.25, 0.3) is 0 Å². The normalized spacial score (nSPS) is 25.3. The summed E-state index contributed by atoms with van der Waals surface area (Å²) in [6.45, 7) is 4.04. The van der Waals surface area contributed by atoms with Crippen LogP contribution in [0, 0.1) is 17.3 Å². The van der Waals surface area contributed by atoms with Crippen LogP contribution in [-0.2, 0) is 16.1 Å². The molecule has 1 aliphatic rings. The molecule has 1 amide bonds. The van der Waals surface area contributed by atoms with E-state index in [1.54, 1.807) is 11.7 Å². The van der Waals surface area contributed by atoms with Crippen LogP contribution in [0.4, 0.5) is 0 Å². The number of hydrogen-bond acceptors (Lipinski definition) is 4. The Morgan fingerprint density at radius 2 is 2.24 bits per heavy atom. The Bertz CT molecular complexity index is 442. The number of aromatic nitrogens is 1. The van der Waals surface area contributed by atoms with E-state index in [1.807, 2.05) is 13.8 Å². The summed E-state index contributed by atoms with van der Waals surface area (Å²) in [5.74, 6) is -2.07. The average molecular weight is 254 g/mol. The molecule has 2 atom stereocenters. The summed E-state index contributed by atoms with van der Waals surface area (Å²) in [5, 5.41) is 11.7. The average Bonchev–Trinajstić information content (AvgIpc) is 2.65. The van der Waals surface area contributed by atoms with Crippen molar-refractivity contribution in [1.82, 2.24) is 10.3 Å². The van der Waals surface area contributed by atoms with Crippen LogP contribution in [0.2, 0.25) is 0 Å². The minimum Gasteiger partial charge on any atom is -0.481 e. The Morgan fingerprint density at radius 1 is 1.53 bits per heavy atom. The van der Waals surface area contributed by atoms with Crippen LogP contribution < -0.4 is 5.32 Å². The molecule has 1 aromatic rings. The zero-order chi connectivity index (χ0) is 12.6. The van der Waals surface area contributed by atoms with Crippen LogP contribution in [0.5, 0.6) is 0 Å². The fraction of sp³-hybridized carbons (Fsp3) is 0.545. The van der Waals surface area contributed by atoms with Crippen molar-refractivity contribution in [1.29, 1.82) is 0 Å². The van der Waals surface area contributed by atoms with Gasteiger partial charge >= 0.3 is 5.97 Å². The monoisotopic (exact) mass is 254 g/mol. The molecule has 1 fully saturated rings. The van der Waals surface area contributed by atoms with Gasteiger partial charge < -0.3 is 10.4 Å². The molecule has 17 heavy (non-hydrogen) atoms. The van der Waals surface area contributed by atoms with Crippen molar-refractivity contribution < 1.29 is 14.7 Å². The summed E-state index contributed by atoms with van der Waals surface area (Å²) < 4.78 is 0. The van der Waals surface area contributed by atoms with Crippen molar-refractivity contribution in [3.05, 3.63) is 16.6 Å². The van der Waals surface area contributed by atoms with Crippen LogP contribution in [-0.4, -0.2) is 22.0 Å². The summed E-state index contributed by atoms with van der Waals surface area (Å²) in [6, 6.07) is 0. The van der Waals surface area contributed by atoms with Gasteiger partial charge in [-0.2, -0.15) is 0 Å². The highest BCUT2D eigenvalue weighted by Gasteiger charge is 2.65. The number of thiazole rings is 1. The van der Waals surface area contributed by atoms with Crippen molar-refractivity contribution in [3.63, 3.8) is 0 Å². The predicted molar refractivity (Wildman–Crippen MR) is 62.4 cm³/mol. The van der Waals surface area contributed by atoms with Crippen LogP contribution in [0.1, 0.15) is 18.7 Å². The van der Waals surface area contributed by atoms with Gasteiger partial charge in [-0.25, -0.2) is 0 Å². The van der Waals surface area contributed by atoms with E-state index in [0.717, 1.165) is 4.88 Å². The van der Waals surface area contributed by atoms with Gasteiger partial charge in [0.2, 0.25) is 5.91 Å². The SMILES string of the molecule is CC1(C)C(C(=O)O)C1C(=O)NCc1cncs1. The summed E-state index contributed by atoms with van der Waals surface area (Å²) >= 11 is 1.46. The molecule has 0 bridgehead atoms. The highest BCUT2D eigenvalue weighted by atomic mass is 32.1. The van der Waals surface area contributed by atoms with Crippen molar-refractivity contribution in [2.24, 2.45) is 17.3 Å². The van der Waals surface area contributed by atoms with Gasteiger partial charge in [-0.1, -0.05) is 13.8 Å². The molecule has 6 heteroatoms. The van der Waals surface area contributed by atoms with Gasteiger partial charge in [0.25, 0.3) is 0 Å². The van der Waals surface area contributed by atoms with E-state index in [1.165, 1.54) is 11.3 Å². The predicted octanol–water partition coefficient (Wildman–Crippen LogP) is 1.12. The first-order chi connectivity index (χ1) is 7.94. The van der Waals surface area contributed by atoms with Gasteiger partial charge in [-0.15, -0.1) is 11.3 Å². The Labute approximate surface area is 103 Å². The largest absolute Gasteiger partial charge is 0.481 e. The fourth-order valence-electron chi connectivity index (χ4n) is 2.20. The van der Waals surface area contributed by atoms with E-state index in [4.69, 9.17) is 5.11 Å². The summed E-state index contributed by atoms with van der Waals surface area (Å²) in [7, 11) is 0. The molecule has 2 unspecified atom stereocenters. The third kappa shape index (κ3) is 2.17. The molecule has 2 rings (SSSR count). The maximum Gasteiger partial charge on any atom is 0.307 e. The number of carbonyl (C=O) groups is 2. The smallest absolute Gasteiger partial charge is 0.307 e. The molecule has 1 saturated carbocycles. The number of nitrogens with one attached hydrogen (secondary N) is 1. The topological polar surface area (TPSA) is 79.3 Å². The lowest BCUT2D eigenvalue weighted by atomic mass is 10.1. The zero-order valence-electron chi connectivity index (χ0n) is 9.64. The number of amides is 1. The number of aliphatic carboxylic acids is 1. The molecule has 1 heterocycles. The number of rotatable bonds is 4. The molecule has 5 nitrogen and oxygen atoms in total. The quantitative estimate of drug-likeness (QED) is 0.843. The van der Waals surface area contributed by atoms with Crippen molar-refractivity contribution in [2.75, 3.05) is 0 Å². The van der Waals surface area contributed by atoms with E-state index < -0.39 is 23.2 Å². The van der Waals surface area contributed by atoms with E-state index in [0.29, 0.717) is 6.54 Å². The first-order valence-corrected chi connectivity index (χ1v) is 6.20. The number of carboxylic acid groups (broad SMARTS) is 1. The third-order valence-electron chi connectivity index (χ3n) is 3.30. The summed E-state index contributed by atoms with van der Waals surface area (Å²) in [4.78, 5) is 27.6. The lowest BCUT2D eigenvalue weighted by Crippen LogP contribution is -2.26. The zero-order valence-corrected chi connectivity index (χ0v) is 10.5. The fourth-order valence-corrected chi connectivity index (χ4v) is 2.74. The molecule has 2 N–H and O–H groups in total. The van der Waals surface area contributed by atoms with E-state index in [9.17, 15) is 9.59 Å². The molecule has 0 aliphatic heterocycles. The van der Waals surface area contributed by atoms with Crippen molar-refractivity contribution >= 4 is 23.2 Å². The summed E-state index contributed by atoms with van der Waals surface area (Å²) in [5.41, 5.74) is 1.26. The first kappa shape index (κ1) is 12.0. The van der Waals surface area contributed by atoms with Gasteiger partial charge in [-0.05, 0) is 5.41 Å². The van der Waals surface area contributed by atoms with E-state index in [-0.39, 0.29) is 5.91 Å². The lowest BCUT2D eigenvalue weighted by molar-refractivity contribution is -0.140. The van der Waals surface area contributed by atoms with Gasteiger partial charge in [0.15, 0.2) is 0 Å². The molecule has 92 valence electrons. The maximum atomic E-state index is 11.8. The maximum absolute atomic E-state index is 11.8. The van der Waals surface area contributed by atoms with E-state index >= 15 is 0 Å². The number of hydrogen-bond donors (Lipinski definition) is 2. The molecular formula is C11H14N2O3S. The molecule has 1 aliphatic carbocycles.